The van der Waals surface area contributed by atoms with Crippen LogP contribution in [0.25, 0.3) is 5.57 Å². The fourth-order valence-electron chi connectivity index (χ4n) is 1.65. The van der Waals surface area contributed by atoms with E-state index in [0.29, 0.717) is 0 Å². The van der Waals surface area contributed by atoms with Crippen molar-refractivity contribution >= 4 is 17.8 Å². The summed E-state index contributed by atoms with van der Waals surface area (Å²) >= 11 is 0. The molecule has 1 aromatic rings. The Bertz CT molecular complexity index is 562. The molecular formula is C14H14FNO3. The summed E-state index contributed by atoms with van der Waals surface area (Å²) in [5, 5.41) is 9.16. The summed E-state index contributed by atoms with van der Waals surface area (Å²) in [6.45, 7) is 3.53. The van der Waals surface area contributed by atoms with E-state index in [1.165, 1.54) is 32.4 Å². The van der Waals surface area contributed by atoms with E-state index in [1.54, 1.807) is 6.07 Å². The largest absolute Gasteiger partial charge is 0.496 e. The number of rotatable bonds is 5. The Kier molecular flexibility index (Phi) is 5.00. The average molecular weight is 263 g/mol. The molecule has 4 nitrogen and oxygen atoms in total. The monoisotopic (exact) mass is 263 g/mol. The fraction of sp³-hybridized carbons (Fsp3) is 0.143. The van der Waals surface area contributed by atoms with Gasteiger partial charge in [0.05, 0.1) is 18.2 Å². The molecule has 0 radical (unpaired) electrons. The lowest BCUT2D eigenvalue weighted by Crippen LogP contribution is -2.07. The zero-order valence-corrected chi connectivity index (χ0v) is 10.7. The minimum absolute atomic E-state index is 0.0531. The summed E-state index contributed by atoms with van der Waals surface area (Å²) in [5.74, 6) is -1.57. The minimum atomic E-state index is -1.22. The maximum atomic E-state index is 13.9. The van der Waals surface area contributed by atoms with Gasteiger partial charge < -0.3 is 9.84 Å². The summed E-state index contributed by atoms with van der Waals surface area (Å²) in [5.41, 5.74) is 0.0197. The molecule has 0 aliphatic carbocycles. The van der Waals surface area contributed by atoms with Crippen LogP contribution in [0.2, 0.25) is 0 Å². The number of methoxy groups -OCH3 is 1. The number of aliphatic imine (C=N–C) groups is 1. The first kappa shape index (κ1) is 14.6. The molecule has 100 valence electrons. The highest BCUT2D eigenvalue weighted by molar-refractivity contribution is 6.17. The number of carboxylic acid groups (broad SMARTS) is 1. The van der Waals surface area contributed by atoms with Crippen molar-refractivity contribution in [1.29, 1.82) is 0 Å². The van der Waals surface area contributed by atoms with Crippen LogP contribution in [0.4, 0.5) is 4.39 Å². The molecule has 0 amide bonds. The van der Waals surface area contributed by atoms with Crippen molar-refractivity contribution in [1.82, 2.24) is 0 Å². The molecule has 0 aromatic heterocycles. The van der Waals surface area contributed by atoms with Crippen molar-refractivity contribution in [3.8, 4) is 5.75 Å². The molecule has 0 bridgehead atoms. The van der Waals surface area contributed by atoms with Gasteiger partial charge in [0.25, 0.3) is 0 Å². The fourth-order valence-corrected chi connectivity index (χ4v) is 1.65. The van der Waals surface area contributed by atoms with Gasteiger partial charge in [0.2, 0.25) is 0 Å². The van der Waals surface area contributed by atoms with Crippen LogP contribution in [0, 0.1) is 5.82 Å². The quantitative estimate of drug-likeness (QED) is 0.504. The van der Waals surface area contributed by atoms with Gasteiger partial charge in [-0.1, -0.05) is 18.7 Å². The Morgan fingerprint density at radius 1 is 1.53 bits per heavy atom. The lowest BCUT2D eigenvalue weighted by atomic mass is 9.98. The van der Waals surface area contributed by atoms with Crippen molar-refractivity contribution in [3.63, 3.8) is 0 Å². The van der Waals surface area contributed by atoms with Gasteiger partial charge in [0.15, 0.2) is 0 Å². The molecule has 0 saturated carbocycles. The Balaban J connectivity index is 3.67. The van der Waals surface area contributed by atoms with Crippen molar-refractivity contribution in [2.75, 3.05) is 14.2 Å². The number of carbonyl (C=O) groups is 1. The number of carboxylic acids is 1. The molecule has 0 aliphatic rings. The van der Waals surface area contributed by atoms with E-state index in [0.717, 1.165) is 6.21 Å². The molecule has 0 atom stereocenters. The second-order valence-electron chi connectivity index (χ2n) is 3.54. The van der Waals surface area contributed by atoms with Gasteiger partial charge in [-0.15, -0.1) is 0 Å². The molecular weight excluding hydrogens is 249 g/mol. The van der Waals surface area contributed by atoms with Crippen LogP contribution in [0.15, 0.2) is 41.4 Å². The number of hydrogen-bond donors (Lipinski definition) is 1. The second-order valence-corrected chi connectivity index (χ2v) is 3.54. The number of benzene rings is 1. The van der Waals surface area contributed by atoms with E-state index >= 15 is 0 Å². The molecule has 1 N–H and O–H groups in total. The number of nitrogens with zero attached hydrogens (tertiary/aromatic N) is 1. The van der Waals surface area contributed by atoms with Gasteiger partial charge in [-0.3, -0.25) is 4.99 Å². The number of hydrogen-bond acceptors (Lipinski definition) is 3. The van der Waals surface area contributed by atoms with E-state index in [4.69, 9.17) is 9.84 Å². The maximum absolute atomic E-state index is 13.9. The highest BCUT2D eigenvalue weighted by Gasteiger charge is 2.18. The van der Waals surface area contributed by atoms with E-state index in [-0.39, 0.29) is 22.5 Å². The molecule has 0 aliphatic heterocycles. The third-order valence-electron chi connectivity index (χ3n) is 2.45. The Morgan fingerprint density at radius 3 is 2.68 bits per heavy atom. The number of allylic oxidation sites excluding steroid dienone is 2. The highest BCUT2D eigenvalue weighted by Crippen LogP contribution is 2.31. The van der Waals surface area contributed by atoms with Crippen LogP contribution in [-0.2, 0) is 4.79 Å². The first-order valence-corrected chi connectivity index (χ1v) is 5.41. The summed E-state index contributed by atoms with van der Waals surface area (Å²) in [6, 6.07) is 4.25. The van der Waals surface area contributed by atoms with E-state index in [2.05, 4.69) is 11.6 Å². The standard InChI is InChI=1S/C14H14FNO3/c1-4-9(10(8-16-2)14(17)18)13-11(15)6-5-7-12(13)19-3/h4-8H,1H2,2-3H3,(H,17,18)/b10-9-,16-8?. The van der Waals surface area contributed by atoms with Crippen LogP contribution >= 0.6 is 0 Å². The predicted octanol–water partition coefficient (Wildman–Crippen LogP) is 2.56. The zero-order chi connectivity index (χ0) is 14.4. The lowest BCUT2D eigenvalue weighted by molar-refractivity contribution is -0.131. The van der Waals surface area contributed by atoms with Gasteiger partial charge in [-0.2, -0.15) is 0 Å². The van der Waals surface area contributed by atoms with E-state index in [9.17, 15) is 9.18 Å². The van der Waals surface area contributed by atoms with Crippen LogP contribution in [0.5, 0.6) is 5.75 Å². The van der Waals surface area contributed by atoms with Crippen LogP contribution in [-0.4, -0.2) is 31.4 Å². The van der Waals surface area contributed by atoms with Crippen molar-refractivity contribution < 1.29 is 19.0 Å². The van der Waals surface area contributed by atoms with Crippen molar-refractivity contribution in [2.24, 2.45) is 4.99 Å². The summed E-state index contributed by atoms with van der Waals surface area (Å²) in [4.78, 5) is 14.9. The second kappa shape index (κ2) is 6.49. The molecule has 0 saturated heterocycles. The average Bonchev–Trinajstić information content (AvgIpc) is 2.39. The topological polar surface area (TPSA) is 58.9 Å². The Labute approximate surface area is 110 Å². The van der Waals surface area contributed by atoms with Gasteiger partial charge >= 0.3 is 5.97 Å². The first-order valence-electron chi connectivity index (χ1n) is 5.41. The van der Waals surface area contributed by atoms with Crippen LogP contribution < -0.4 is 4.74 Å². The summed E-state index contributed by atoms with van der Waals surface area (Å²) in [7, 11) is 2.82. The van der Waals surface area contributed by atoms with Crippen LogP contribution in [0.3, 0.4) is 0 Å². The van der Waals surface area contributed by atoms with E-state index in [1.807, 2.05) is 0 Å². The third kappa shape index (κ3) is 3.07. The van der Waals surface area contributed by atoms with Crippen molar-refractivity contribution in [2.45, 2.75) is 0 Å². The minimum Gasteiger partial charge on any atom is -0.496 e. The predicted molar refractivity (Wildman–Crippen MR) is 72.1 cm³/mol. The molecule has 1 rings (SSSR count). The highest BCUT2D eigenvalue weighted by atomic mass is 19.1. The zero-order valence-electron chi connectivity index (χ0n) is 10.7. The summed E-state index contributed by atoms with van der Waals surface area (Å²) in [6.07, 6.45) is 2.41. The van der Waals surface area contributed by atoms with Gasteiger partial charge in [-0.05, 0) is 12.1 Å². The normalized spacial score (nSPS) is 12.2. The molecule has 0 heterocycles. The summed E-state index contributed by atoms with van der Waals surface area (Å²) < 4.78 is 19.0. The van der Waals surface area contributed by atoms with Crippen LogP contribution in [0.1, 0.15) is 5.56 Å². The molecule has 0 unspecified atom stereocenters. The van der Waals surface area contributed by atoms with Gasteiger partial charge in [0, 0.05) is 18.8 Å². The first-order chi connectivity index (χ1) is 9.06. The smallest absolute Gasteiger partial charge is 0.337 e. The Hall–Kier alpha value is -2.43. The van der Waals surface area contributed by atoms with Crippen molar-refractivity contribution in [3.05, 3.63) is 47.8 Å². The Morgan fingerprint density at radius 2 is 2.21 bits per heavy atom. The molecule has 19 heavy (non-hydrogen) atoms. The number of aliphatic carboxylic acids is 1. The van der Waals surface area contributed by atoms with Gasteiger partial charge in [0.1, 0.15) is 11.6 Å². The maximum Gasteiger partial charge on any atom is 0.337 e. The SMILES string of the molecule is C=C/C(=C(\C=NC)C(=O)O)c1c(F)cccc1OC. The molecule has 5 heteroatoms. The molecule has 1 aromatic carbocycles. The molecule has 0 fully saturated rings. The number of ether oxygens (including phenoxy) is 1. The number of halogens is 1. The third-order valence-corrected chi connectivity index (χ3v) is 2.45. The van der Waals surface area contributed by atoms with Gasteiger partial charge in [-0.25, -0.2) is 9.18 Å². The lowest BCUT2D eigenvalue weighted by Gasteiger charge is -2.11. The molecule has 0 spiro atoms. The van der Waals surface area contributed by atoms with E-state index < -0.39 is 11.8 Å².